The summed E-state index contributed by atoms with van der Waals surface area (Å²) in [4.78, 5) is 21.3. The molecule has 0 bridgehead atoms. The average Bonchev–Trinajstić information content (AvgIpc) is 3.35. The molecule has 0 spiro atoms. The number of aromatic nitrogens is 5. The summed E-state index contributed by atoms with van der Waals surface area (Å²) in [6.45, 7) is 5.84. The van der Waals surface area contributed by atoms with Crippen molar-refractivity contribution in [2.45, 2.75) is 32.7 Å². The maximum atomic E-state index is 11.7. The van der Waals surface area contributed by atoms with Crippen LogP contribution in [0.3, 0.4) is 0 Å². The van der Waals surface area contributed by atoms with Gasteiger partial charge in [-0.25, -0.2) is 4.98 Å². The Hall–Kier alpha value is -2.79. The van der Waals surface area contributed by atoms with E-state index in [1.165, 1.54) is 17.7 Å². The second-order valence-electron chi connectivity index (χ2n) is 7.59. The van der Waals surface area contributed by atoms with Crippen LogP contribution in [0, 0.1) is 12.8 Å². The monoisotopic (exact) mass is 430 g/mol. The fraction of sp³-hybridized carbons (Fsp3) is 0.526. The smallest absolute Gasteiger partial charge is 0.260 e. The Bertz CT molecular complexity index is 1020. The number of piperidine rings is 1. The van der Waals surface area contributed by atoms with E-state index in [1.54, 1.807) is 4.80 Å². The number of hydrogen-bond donors (Lipinski definition) is 2. The van der Waals surface area contributed by atoms with Crippen LogP contribution in [0.15, 0.2) is 12.4 Å². The van der Waals surface area contributed by atoms with Gasteiger partial charge in [-0.2, -0.15) is 4.80 Å². The third kappa shape index (κ3) is 4.36. The van der Waals surface area contributed by atoms with Gasteiger partial charge in [-0.3, -0.25) is 4.79 Å². The first-order chi connectivity index (χ1) is 14.5. The Kier molecular flexibility index (Phi) is 6.09. The SMILES string of the molecule is Cc1cc(N2CCC[C@H](COCCCn3ncnn3)C2)c2c(N)c(C(N)=O)sc2n1. The quantitative estimate of drug-likeness (QED) is 0.514. The Morgan fingerprint density at radius 3 is 3.07 bits per heavy atom. The number of carbonyl (C=O) groups is 1. The van der Waals surface area contributed by atoms with E-state index in [2.05, 4.69) is 25.3 Å². The topological polar surface area (TPSA) is 138 Å². The number of thiophene rings is 1. The number of nitrogen functional groups attached to an aromatic ring is 1. The second kappa shape index (κ2) is 8.92. The van der Waals surface area contributed by atoms with Gasteiger partial charge in [0.05, 0.1) is 29.9 Å². The zero-order chi connectivity index (χ0) is 21.1. The van der Waals surface area contributed by atoms with Crippen molar-refractivity contribution in [3.8, 4) is 0 Å². The minimum atomic E-state index is -0.509. The molecule has 30 heavy (non-hydrogen) atoms. The molecule has 4 rings (SSSR count). The van der Waals surface area contributed by atoms with Crippen molar-refractivity contribution in [2.75, 3.05) is 36.9 Å². The lowest BCUT2D eigenvalue weighted by Crippen LogP contribution is -2.37. The van der Waals surface area contributed by atoms with Crippen molar-refractivity contribution in [1.29, 1.82) is 0 Å². The zero-order valence-electron chi connectivity index (χ0n) is 17.0. The van der Waals surface area contributed by atoms with Crippen molar-refractivity contribution < 1.29 is 9.53 Å². The molecule has 11 heteroatoms. The second-order valence-corrected chi connectivity index (χ2v) is 8.59. The van der Waals surface area contributed by atoms with Gasteiger partial charge in [-0.15, -0.1) is 21.5 Å². The van der Waals surface area contributed by atoms with Gasteiger partial charge < -0.3 is 21.1 Å². The number of nitrogens with two attached hydrogens (primary N) is 2. The van der Waals surface area contributed by atoms with Gasteiger partial charge in [-0.1, -0.05) is 0 Å². The van der Waals surface area contributed by atoms with E-state index in [9.17, 15) is 4.79 Å². The third-order valence-corrected chi connectivity index (χ3v) is 6.40. The van der Waals surface area contributed by atoms with Gasteiger partial charge in [0.1, 0.15) is 9.71 Å². The summed E-state index contributed by atoms with van der Waals surface area (Å²) in [6, 6.07) is 2.05. The van der Waals surface area contributed by atoms with Crippen LogP contribution >= 0.6 is 11.3 Å². The molecule has 0 unspecified atom stereocenters. The number of rotatable bonds is 8. The number of fused-ring (bicyclic) bond motifs is 1. The molecular weight excluding hydrogens is 404 g/mol. The zero-order valence-corrected chi connectivity index (χ0v) is 17.8. The van der Waals surface area contributed by atoms with Gasteiger partial charge in [0, 0.05) is 25.4 Å². The fourth-order valence-electron chi connectivity index (χ4n) is 3.92. The number of aryl methyl sites for hydroxylation is 2. The minimum Gasteiger partial charge on any atom is -0.397 e. The Labute approximate surface area is 178 Å². The van der Waals surface area contributed by atoms with E-state index >= 15 is 0 Å². The molecule has 0 radical (unpaired) electrons. The van der Waals surface area contributed by atoms with E-state index in [1.807, 2.05) is 13.0 Å². The number of carbonyl (C=O) groups excluding carboxylic acids is 1. The number of hydrogen-bond acceptors (Lipinski definition) is 9. The normalized spacial score (nSPS) is 17.0. The minimum absolute atomic E-state index is 0.378. The summed E-state index contributed by atoms with van der Waals surface area (Å²) in [7, 11) is 0. The molecule has 1 amide bonds. The summed E-state index contributed by atoms with van der Waals surface area (Å²) in [6.07, 6.45) is 4.48. The summed E-state index contributed by atoms with van der Waals surface area (Å²) in [5.41, 5.74) is 14.1. The van der Waals surface area contributed by atoms with Gasteiger partial charge in [0.25, 0.3) is 5.91 Å². The molecule has 3 aromatic rings. The lowest BCUT2D eigenvalue weighted by Gasteiger charge is -2.35. The number of primary amides is 1. The summed E-state index contributed by atoms with van der Waals surface area (Å²) in [5, 5.41) is 12.4. The molecule has 160 valence electrons. The molecule has 1 atom stereocenters. The maximum Gasteiger partial charge on any atom is 0.260 e. The number of tetrazole rings is 1. The summed E-state index contributed by atoms with van der Waals surface area (Å²) < 4.78 is 5.91. The third-order valence-electron chi connectivity index (χ3n) is 5.28. The molecule has 4 N–H and O–H groups in total. The van der Waals surface area contributed by atoms with E-state index in [4.69, 9.17) is 16.2 Å². The van der Waals surface area contributed by atoms with Crippen LogP contribution in [-0.4, -0.2) is 57.4 Å². The average molecular weight is 431 g/mol. The van der Waals surface area contributed by atoms with Gasteiger partial charge in [-0.05, 0) is 43.4 Å². The molecule has 4 heterocycles. The van der Waals surface area contributed by atoms with Crippen LogP contribution < -0.4 is 16.4 Å². The fourth-order valence-corrected chi connectivity index (χ4v) is 4.93. The van der Waals surface area contributed by atoms with Crippen LogP contribution in [0.2, 0.25) is 0 Å². The van der Waals surface area contributed by atoms with Crippen molar-refractivity contribution in [2.24, 2.45) is 11.7 Å². The van der Waals surface area contributed by atoms with Crippen LogP contribution in [0.25, 0.3) is 10.2 Å². The molecule has 0 aromatic carbocycles. The van der Waals surface area contributed by atoms with E-state index in [-0.39, 0.29) is 0 Å². The number of amides is 1. The van der Waals surface area contributed by atoms with Gasteiger partial charge >= 0.3 is 0 Å². The Morgan fingerprint density at radius 1 is 1.43 bits per heavy atom. The van der Waals surface area contributed by atoms with Crippen molar-refractivity contribution in [1.82, 2.24) is 25.2 Å². The highest BCUT2D eigenvalue weighted by Gasteiger charge is 2.25. The lowest BCUT2D eigenvalue weighted by molar-refractivity contribution is 0.0884. The molecular formula is C19H26N8O2S. The first-order valence-corrected chi connectivity index (χ1v) is 10.9. The Balaban J connectivity index is 1.41. The Morgan fingerprint density at radius 2 is 2.30 bits per heavy atom. The highest BCUT2D eigenvalue weighted by atomic mass is 32.1. The molecule has 0 saturated carbocycles. The standard InChI is InChI=1S/C19H26N8O2S/c1-12-8-14(15-16(20)17(18(21)28)30-19(15)24-12)26-5-2-4-13(9-26)10-29-7-3-6-27-23-11-22-25-27/h8,11,13H,2-7,9-10,20H2,1H3,(H2,21,28)/t13-/m0/s1. The lowest BCUT2D eigenvalue weighted by atomic mass is 9.98. The number of nitrogens with zero attached hydrogens (tertiary/aromatic N) is 6. The first-order valence-electron chi connectivity index (χ1n) is 10.1. The largest absolute Gasteiger partial charge is 0.397 e. The first kappa shape index (κ1) is 20.5. The highest BCUT2D eigenvalue weighted by molar-refractivity contribution is 7.21. The highest BCUT2D eigenvalue weighted by Crippen LogP contribution is 2.40. The molecule has 0 aliphatic carbocycles. The molecule has 1 aliphatic heterocycles. The van der Waals surface area contributed by atoms with Crippen molar-refractivity contribution in [3.63, 3.8) is 0 Å². The van der Waals surface area contributed by atoms with Gasteiger partial charge in [0.2, 0.25) is 0 Å². The van der Waals surface area contributed by atoms with E-state index < -0.39 is 5.91 Å². The van der Waals surface area contributed by atoms with Crippen LogP contribution in [0.1, 0.15) is 34.6 Å². The van der Waals surface area contributed by atoms with E-state index in [0.717, 1.165) is 53.9 Å². The summed E-state index contributed by atoms with van der Waals surface area (Å²) in [5.74, 6) is -0.0765. The molecule has 1 fully saturated rings. The number of ether oxygens (including phenoxy) is 1. The number of anilines is 2. The van der Waals surface area contributed by atoms with Crippen molar-refractivity contribution >= 4 is 38.8 Å². The predicted octanol–water partition coefficient (Wildman–Crippen LogP) is 1.60. The predicted molar refractivity (Wildman–Crippen MR) is 115 cm³/mol. The van der Waals surface area contributed by atoms with Crippen LogP contribution in [0.5, 0.6) is 0 Å². The maximum absolute atomic E-state index is 11.7. The van der Waals surface area contributed by atoms with Crippen LogP contribution in [0.4, 0.5) is 11.4 Å². The number of pyridine rings is 1. The van der Waals surface area contributed by atoms with Crippen LogP contribution in [-0.2, 0) is 11.3 Å². The van der Waals surface area contributed by atoms with Gasteiger partial charge in [0.15, 0.2) is 6.33 Å². The molecule has 3 aromatic heterocycles. The molecule has 1 aliphatic rings. The van der Waals surface area contributed by atoms with Crippen molar-refractivity contribution in [3.05, 3.63) is 23.0 Å². The summed E-state index contributed by atoms with van der Waals surface area (Å²) >= 11 is 1.26. The van der Waals surface area contributed by atoms with E-state index in [0.29, 0.717) is 36.2 Å². The molecule has 10 nitrogen and oxygen atoms in total. The molecule has 1 saturated heterocycles.